The molecular formula is C24H32O3. The Labute approximate surface area is 162 Å². The number of ketones is 1. The summed E-state index contributed by atoms with van der Waals surface area (Å²) >= 11 is 0. The molecule has 3 nitrogen and oxygen atoms in total. The van der Waals surface area contributed by atoms with E-state index in [4.69, 9.17) is 4.42 Å². The van der Waals surface area contributed by atoms with Gasteiger partial charge in [-0.1, -0.05) is 6.92 Å². The molecule has 4 saturated carbocycles. The highest BCUT2D eigenvalue weighted by Crippen LogP contribution is 2.62. The van der Waals surface area contributed by atoms with Crippen LogP contribution in [0.25, 0.3) is 6.08 Å². The number of hydrogen-bond donors (Lipinski definition) is 1. The molecule has 0 radical (unpaired) electrons. The molecule has 7 atom stereocenters. The van der Waals surface area contributed by atoms with Crippen LogP contribution in [0.15, 0.2) is 28.4 Å². The van der Waals surface area contributed by atoms with Crippen molar-refractivity contribution < 1.29 is 14.3 Å². The predicted molar refractivity (Wildman–Crippen MR) is 105 cm³/mol. The Morgan fingerprint density at radius 1 is 1.15 bits per heavy atom. The number of Topliss-reactive ketones (excluding diaryl/α,β-unsaturated/α-hetero) is 1. The van der Waals surface area contributed by atoms with Crippen LogP contribution in [0.1, 0.15) is 70.5 Å². The van der Waals surface area contributed by atoms with Gasteiger partial charge < -0.3 is 9.52 Å². The van der Waals surface area contributed by atoms with Crippen molar-refractivity contribution in [1.29, 1.82) is 0 Å². The minimum atomic E-state index is -0.0819. The summed E-state index contributed by atoms with van der Waals surface area (Å²) in [5.74, 6) is 4.17. The highest BCUT2D eigenvalue weighted by molar-refractivity contribution is 6.01. The second-order valence-corrected chi connectivity index (χ2v) is 9.91. The van der Waals surface area contributed by atoms with Crippen molar-refractivity contribution in [2.24, 2.45) is 35.0 Å². The third-order valence-corrected chi connectivity index (χ3v) is 8.83. The first-order valence-corrected chi connectivity index (χ1v) is 11.0. The van der Waals surface area contributed by atoms with Gasteiger partial charge in [0.1, 0.15) is 5.76 Å². The molecule has 27 heavy (non-hydrogen) atoms. The van der Waals surface area contributed by atoms with Gasteiger partial charge in [0.25, 0.3) is 0 Å². The van der Waals surface area contributed by atoms with Crippen LogP contribution in [0.4, 0.5) is 0 Å². The predicted octanol–water partition coefficient (Wildman–Crippen LogP) is 5.25. The van der Waals surface area contributed by atoms with Crippen LogP contribution >= 0.6 is 0 Å². The molecule has 7 unspecified atom stereocenters. The SMILES string of the molecule is CC12CCC(O)CC1CCC1C3CCC(=Cc4ccco4)C(=O)C3CCC12. The Balaban J connectivity index is 1.37. The molecule has 146 valence electrons. The number of fused-ring (bicyclic) bond motifs is 5. The van der Waals surface area contributed by atoms with Crippen molar-refractivity contribution in [3.8, 4) is 0 Å². The first kappa shape index (κ1) is 17.7. The molecule has 5 rings (SSSR count). The summed E-state index contributed by atoms with van der Waals surface area (Å²) in [5, 5.41) is 10.2. The molecule has 0 aromatic carbocycles. The largest absolute Gasteiger partial charge is 0.465 e. The molecule has 0 bridgehead atoms. The molecule has 0 aliphatic heterocycles. The maximum Gasteiger partial charge on any atom is 0.162 e. The lowest BCUT2D eigenvalue weighted by Crippen LogP contribution is -2.53. The fourth-order valence-corrected chi connectivity index (χ4v) is 7.46. The van der Waals surface area contributed by atoms with Crippen molar-refractivity contribution in [3.05, 3.63) is 29.7 Å². The van der Waals surface area contributed by atoms with Crippen LogP contribution in [0, 0.1) is 35.0 Å². The fourth-order valence-electron chi connectivity index (χ4n) is 7.46. The van der Waals surface area contributed by atoms with E-state index in [-0.39, 0.29) is 12.0 Å². The number of allylic oxidation sites excluding steroid dienone is 1. The lowest BCUT2D eigenvalue weighted by atomic mass is 9.45. The van der Waals surface area contributed by atoms with Crippen LogP contribution in [-0.4, -0.2) is 17.0 Å². The summed E-state index contributed by atoms with van der Waals surface area (Å²) < 4.78 is 5.44. The molecule has 0 saturated heterocycles. The van der Waals surface area contributed by atoms with Gasteiger partial charge in [0.2, 0.25) is 0 Å². The zero-order valence-corrected chi connectivity index (χ0v) is 16.4. The molecule has 4 fully saturated rings. The zero-order chi connectivity index (χ0) is 18.6. The summed E-state index contributed by atoms with van der Waals surface area (Å²) in [6.45, 7) is 2.51. The molecular weight excluding hydrogens is 336 g/mol. The van der Waals surface area contributed by atoms with E-state index in [1.807, 2.05) is 18.2 Å². The smallest absolute Gasteiger partial charge is 0.162 e. The Bertz CT molecular complexity index is 733. The molecule has 4 aliphatic rings. The van der Waals surface area contributed by atoms with E-state index < -0.39 is 0 Å². The Kier molecular flexibility index (Phi) is 4.34. The second kappa shape index (κ2) is 6.62. The number of aliphatic hydroxyl groups is 1. The molecule has 1 aromatic heterocycles. The molecule has 1 aromatic rings. The van der Waals surface area contributed by atoms with E-state index in [0.717, 1.165) is 49.4 Å². The minimum absolute atomic E-state index is 0.0819. The summed E-state index contributed by atoms with van der Waals surface area (Å²) in [7, 11) is 0. The number of carbonyl (C=O) groups excluding carboxylic acids is 1. The first-order valence-electron chi connectivity index (χ1n) is 11.0. The van der Waals surface area contributed by atoms with Crippen LogP contribution in [-0.2, 0) is 4.79 Å². The van der Waals surface area contributed by atoms with Gasteiger partial charge in [-0.25, -0.2) is 0 Å². The van der Waals surface area contributed by atoms with E-state index in [0.29, 0.717) is 29.0 Å². The Morgan fingerprint density at radius 2 is 2.04 bits per heavy atom. The highest BCUT2D eigenvalue weighted by atomic mass is 16.3. The Hall–Kier alpha value is -1.35. The monoisotopic (exact) mass is 368 g/mol. The van der Waals surface area contributed by atoms with Gasteiger partial charge in [-0.15, -0.1) is 0 Å². The number of furan rings is 1. The van der Waals surface area contributed by atoms with Gasteiger partial charge >= 0.3 is 0 Å². The van der Waals surface area contributed by atoms with Crippen molar-refractivity contribution in [2.45, 2.75) is 70.8 Å². The van der Waals surface area contributed by atoms with Gasteiger partial charge in [-0.2, -0.15) is 0 Å². The van der Waals surface area contributed by atoms with Gasteiger partial charge in [0.15, 0.2) is 5.78 Å². The number of carbonyl (C=O) groups is 1. The van der Waals surface area contributed by atoms with Gasteiger partial charge in [-0.3, -0.25) is 4.79 Å². The summed E-state index contributed by atoms with van der Waals surface area (Å²) in [6, 6.07) is 3.82. The minimum Gasteiger partial charge on any atom is -0.465 e. The van der Waals surface area contributed by atoms with Crippen molar-refractivity contribution in [3.63, 3.8) is 0 Å². The number of hydrogen-bond acceptors (Lipinski definition) is 3. The standard InChI is InChI=1S/C24H32O3/c1-24-11-10-17(25)14-16(24)5-7-20-19-6-4-15(13-18-3-2-12-27-18)23(26)21(19)8-9-22(20)24/h2-3,12-13,16-17,19-22,25H,4-11,14H2,1H3. The average molecular weight is 369 g/mol. The molecule has 4 aliphatic carbocycles. The topological polar surface area (TPSA) is 50.4 Å². The normalized spacial score (nSPS) is 45.9. The van der Waals surface area contributed by atoms with E-state index in [1.54, 1.807) is 6.26 Å². The first-order chi connectivity index (χ1) is 13.1. The quantitative estimate of drug-likeness (QED) is 0.689. The third kappa shape index (κ3) is 2.85. The molecule has 0 amide bonds. The molecule has 1 N–H and O–H groups in total. The Morgan fingerprint density at radius 3 is 2.85 bits per heavy atom. The number of rotatable bonds is 1. The van der Waals surface area contributed by atoms with Gasteiger partial charge in [-0.05, 0) is 111 Å². The summed E-state index contributed by atoms with van der Waals surface area (Å²) in [4.78, 5) is 13.2. The van der Waals surface area contributed by atoms with E-state index in [9.17, 15) is 9.90 Å². The van der Waals surface area contributed by atoms with Crippen molar-refractivity contribution in [1.82, 2.24) is 0 Å². The van der Waals surface area contributed by atoms with E-state index in [1.165, 1.54) is 25.7 Å². The maximum atomic E-state index is 13.2. The molecule has 1 heterocycles. The molecule has 0 spiro atoms. The third-order valence-electron chi connectivity index (χ3n) is 8.83. The second-order valence-electron chi connectivity index (χ2n) is 9.91. The van der Waals surface area contributed by atoms with E-state index >= 15 is 0 Å². The van der Waals surface area contributed by atoms with Crippen LogP contribution in [0.2, 0.25) is 0 Å². The van der Waals surface area contributed by atoms with Crippen molar-refractivity contribution in [2.75, 3.05) is 0 Å². The van der Waals surface area contributed by atoms with Gasteiger partial charge in [0.05, 0.1) is 12.4 Å². The van der Waals surface area contributed by atoms with Crippen LogP contribution < -0.4 is 0 Å². The summed E-state index contributed by atoms with van der Waals surface area (Å²) in [6.07, 6.45) is 13.6. The van der Waals surface area contributed by atoms with E-state index in [2.05, 4.69) is 6.92 Å². The number of aliphatic hydroxyl groups excluding tert-OH is 1. The maximum absolute atomic E-state index is 13.2. The lowest BCUT2D eigenvalue weighted by molar-refractivity contribution is -0.138. The molecule has 3 heteroatoms. The van der Waals surface area contributed by atoms with Gasteiger partial charge in [0, 0.05) is 5.92 Å². The van der Waals surface area contributed by atoms with Crippen LogP contribution in [0.5, 0.6) is 0 Å². The van der Waals surface area contributed by atoms with Crippen LogP contribution in [0.3, 0.4) is 0 Å². The average Bonchev–Trinajstić information content (AvgIpc) is 3.17. The zero-order valence-electron chi connectivity index (χ0n) is 16.4. The summed E-state index contributed by atoms with van der Waals surface area (Å²) in [5.41, 5.74) is 1.37. The lowest BCUT2D eigenvalue weighted by Gasteiger charge is -2.59. The van der Waals surface area contributed by atoms with Crippen molar-refractivity contribution >= 4 is 11.9 Å². The fraction of sp³-hybridized carbons (Fsp3) is 0.708. The highest BCUT2D eigenvalue weighted by Gasteiger charge is 2.55.